The third-order valence-electron chi connectivity index (χ3n) is 3.34. The molecule has 1 heterocycles. The van der Waals surface area contributed by atoms with Crippen LogP contribution in [0.3, 0.4) is 0 Å². The van der Waals surface area contributed by atoms with E-state index < -0.39 is 11.8 Å². The standard InChI is InChI=1S/C17H12Cl2N4O2/c18-13-5-1-11(2-6-13)15-9-23(22-21-15)10-16(24)20-17(25)12-3-7-14(19)8-4-12/h1-9H,10H2,(H,20,24,25). The SMILES string of the molecule is O=C(Cn1cc(-c2ccc(Cl)cc2)nn1)NC(=O)c1ccc(Cl)cc1. The highest BCUT2D eigenvalue weighted by Gasteiger charge is 2.12. The molecule has 2 amide bonds. The van der Waals surface area contributed by atoms with E-state index in [0.29, 0.717) is 21.3 Å². The quantitative estimate of drug-likeness (QED) is 0.760. The molecule has 3 aromatic rings. The summed E-state index contributed by atoms with van der Waals surface area (Å²) in [4.78, 5) is 24.0. The summed E-state index contributed by atoms with van der Waals surface area (Å²) < 4.78 is 1.36. The van der Waals surface area contributed by atoms with Crippen LogP contribution < -0.4 is 5.32 Å². The molecule has 0 bridgehead atoms. The second-order valence-electron chi connectivity index (χ2n) is 5.19. The van der Waals surface area contributed by atoms with Crippen molar-refractivity contribution in [3.63, 3.8) is 0 Å². The van der Waals surface area contributed by atoms with Crippen LogP contribution >= 0.6 is 23.2 Å². The molecule has 2 aromatic carbocycles. The summed E-state index contributed by atoms with van der Waals surface area (Å²) in [6.07, 6.45) is 1.62. The maximum atomic E-state index is 12.0. The monoisotopic (exact) mass is 374 g/mol. The molecule has 0 aliphatic rings. The Morgan fingerprint density at radius 1 is 0.960 bits per heavy atom. The van der Waals surface area contributed by atoms with Crippen LogP contribution in [0.5, 0.6) is 0 Å². The molecule has 0 fully saturated rings. The van der Waals surface area contributed by atoms with Crippen LogP contribution in [0.4, 0.5) is 0 Å². The first-order chi connectivity index (χ1) is 12.0. The van der Waals surface area contributed by atoms with Crippen molar-refractivity contribution in [2.24, 2.45) is 0 Å². The van der Waals surface area contributed by atoms with Gasteiger partial charge in [0.1, 0.15) is 12.2 Å². The van der Waals surface area contributed by atoms with Crippen molar-refractivity contribution < 1.29 is 9.59 Å². The van der Waals surface area contributed by atoms with Crippen LogP contribution in [-0.4, -0.2) is 26.8 Å². The number of amides is 2. The van der Waals surface area contributed by atoms with Crippen molar-refractivity contribution in [1.82, 2.24) is 20.3 Å². The fourth-order valence-corrected chi connectivity index (χ4v) is 2.37. The highest BCUT2D eigenvalue weighted by atomic mass is 35.5. The number of nitrogens with one attached hydrogen (secondary N) is 1. The molecule has 8 heteroatoms. The summed E-state index contributed by atoms with van der Waals surface area (Å²) in [6, 6.07) is 13.3. The van der Waals surface area contributed by atoms with Gasteiger partial charge in [0.15, 0.2) is 0 Å². The van der Waals surface area contributed by atoms with Gasteiger partial charge in [0.2, 0.25) is 5.91 Å². The highest BCUT2D eigenvalue weighted by molar-refractivity contribution is 6.31. The Balaban J connectivity index is 1.62. The number of rotatable bonds is 4. The van der Waals surface area contributed by atoms with Gasteiger partial charge in [-0.25, -0.2) is 4.68 Å². The minimum Gasteiger partial charge on any atom is -0.291 e. The number of imide groups is 1. The first kappa shape index (κ1) is 17.1. The zero-order chi connectivity index (χ0) is 17.8. The maximum Gasteiger partial charge on any atom is 0.257 e. The van der Waals surface area contributed by atoms with Crippen LogP contribution in [0, 0.1) is 0 Å². The summed E-state index contributed by atoms with van der Waals surface area (Å²) in [6.45, 7) is -0.125. The number of nitrogens with zero attached hydrogens (tertiary/aromatic N) is 3. The largest absolute Gasteiger partial charge is 0.291 e. The number of benzene rings is 2. The molecule has 3 rings (SSSR count). The van der Waals surface area contributed by atoms with Crippen molar-refractivity contribution in [1.29, 1.82) is 0 Å². The van der Waals surface area contributed by atoms with Crippen molar-refractivity contribution in [2.45, 2.75) is 6.54 Å². The molecule has 126 valence electrons. The minimum atomic E-state index is -0.500. The minimum absolute atomic E-state index is 0.125. The van der Waals surface area contributed by atoms with Gasteiger partial charge in [0.25, 0.3) is 5.91 Å². The zero-order valence-electron chi connectivity index (χ0n) is 12.8. The molecule has 1 N–H and O–H groups in total. The maximum absolute atomic E-state index is 12.0. The number of carbonyl (C=O) groups is 2. The Bertz CT molecular complexity index is 905. The Labute approximate surface area is 153 Å². The van der Waals surface area contributed by atoms with Crippen LogP contribution in [0.2, 0.25) is 10.0 Å². The first-order valence-corrected chi connectivity index (χ1v) is 8.03. The predicted octanol–water partition coefficient (Wildman–Crippen LogP) is 3.21. The van der Waals surface area contributed by atoms with Crippen molar-refractivity contribution in [2.75, 3.05) is 0 Å². The molecule has 0 saturated carbocycles. The predicted molar refractivity (Wildman–Crippen MR) is 94.4 cm³/mol. The lowest BCUT2D eigenvalue weighted by molar-refractivity contribution is -0.120. The number of hydrogen-bond acceptors (Lipinski definition) is 4. The smallest absolute Gasteiger partial charge is 0.257 e. The van der Waals surface area contributed by atoms with Crippen molar-refractivity contribution in [3.05, 3.63) is 70.3 Å². The third kappa shape index (κ3) is 4.43. The van der Waals surface area contributed by atoms with E-state index in [4.69, 9.17) is 23.2 Å². The topological polar surface area (TPSA) is 76.9 Å². The lowest BCUT2D eigenvalue weighted by Crippen LogP contribution is -2.33. The lowest BCUT2D eigenvalue weighted by atomic mass is 10.2. The van der Waals surface area contributed by atoms with Crippen LogP contribution in [0.25, 0.3) is 11.3 Å². The van der Waals surface area contributed by atoms with E-state index in [1.165, 1.54) is 4.68 Å². The molecule has 25 heavy (non-hydrogen) atoms. The second-order valence-corrected chi connectivity index (χ2v) is 6.07. The van der Waals surface area contributed by atoms with Gasteiger partial charge in [0.05, 0.1) is 6.20 Å². The molecule has 1 aromatic heterocycles. The van der Waals surface area contributed by atoms with E-state index in [9.17, 15) is 9.59 Å². The molecule has 0 aliphatic heterocycles. The van der Waals surface area contributed by atoms with Gasteiger partial charge in [-0.2, -0.15) is 0 Å². The summed E-state index contributed by atoms with van der Waals surface area (Å²) in [5, 5.41) is 11.3. The van der Waals surface area contributed by atoms with Crippen LogP contribution in [0.15, 0.2) is 54.7 Å². The van der Waals surface area contributed by atoms with E-state index in [0.717, 1.165) is 5.56 Å². The molecular formula is C17H12Cl2N4O2. The van der Waals surface area contributed by atoms with E-state index >= 15 is 0 Å². The average Bonchev–Trinajstić information content (AvgIpc) is 3.04. The molecule has 0 spiro atoms. The molecule has 0 aliphatic carbocycles. The highest BCUT2D eigenvalue weighted by Crippen LogP contribution is 2.18. The molecule has 0 radical (unpaired) electrons. The number of aromatic nitrogens is 3. The molecule has 0 saturated heterocycles. The van der Waals surface area contributed by atoms with Gasteiger partial charge in [-0.05, 0) is 36.4 Å². The summed E-state index contributed by atoms with van der Waals surface area (Å²) in [7, 11) is 0. The van der Waals surface area contributed by atoms with Crippen LogP contribution in [-0.2, 0) is 11.3 Å². The van der Waals surface area contributed by atoms with E-state index in [1.54, 1.807) is 54.7 Å². The Hall–Kier alpha value is -2.70. The summed E-state index contributed by atoms with van der Waals surface area (Å²) in [5.41, 5.74) is 1.78. The fraction of sp³-hybridized carbons (Fsp3) is 0.0588. The zero-order valence-corrected chi connectivity index (χ0v) is 14.3. The van der Waals surface area contributed by atoms with Gasteiger partial charge in [-0.3, -0.25) is 14.9 Å². The van der Waals surface area contributed by atoms with Crippen molar-refractivity contribution in [3.8, 4) is 11.3 Å². The van der Waals surface area contributed by atoms with Crippen molar-refractivity contribution >= 4 is 35.0 Å². The van der Waals surface area contributed by atoms with Gasteiger partial charge in [-0.1, -0.05) is 40.5 Å². The number of hydrogen-bond donors (Lipinski definition) is 1. The van der Waals surface area contributed by atoms with E-state index in [1.807, 2.05) is 0 Å². The van der Waals surface area contributed by atoms with Gasteiger partial charge in [-0.15, -0.1) is 5.10 Å². The molecule has 0 atom stereocenters. The second kappa shape index (κ2) is 7.46. The Morgan fingerprint density at radius 2 is 1.56 bits per heavy atom. The first-order valence-electron chi connectivity index (χ1n) is 7.27. The van der Waals surface area contributed by atoms with E-state index in [2.05, 4.69) is 15.6 Å². The van der Waals surface area contributed by atoms with E-state index in [-0.39, 0.29) is 6.54 Å². The van der Waals surface area contributed by atoms with Gasteiger partial charge in [0, 0.05) is 21.2 Å². The Kier molecular flexibility index (Phi) is 5.11. The number of halogens is 2. The van der Waals surface area contributed by atoms with Gasteiger partial charge < -0.3 is 0 Å². The summed E-state index contributed by atoms with van der Waals surface area (Å²) in [5.74, 6) is -0.993. The normalized spacial score (nSPS) is 10.5. The fourth-order valence-electron chi connectivity index (χ4n) is 2.12. The number of carbonyl (C=O) groups excluding carboxylic acids is 2. The van der Waals surface area contributed by atoms with Gasteiger partial charge >= 0.3 is 0 Å². The summed E-state index contributed by atoms with van der Waals surface area (Å²) >= 11 is 11.6. The lowest BCUT2D eigenvalue weighted by Gasteiger charge is -2.04. The Morgan fingerprint density at radius 3 is 2.20 bits per heavy atom. The molecule has 6 nitrogen and oxygen atoms in total. The molecule has 0 unspecified atom stereocenters. The third-order valence-corrected chi connectivity index (χ3v) is 3.85. The molecular weight excluding hydrogens is 363 g/mol. The van der Waals surface area contributed by atoms with Crippen LogP contribution in [0.1, 0.15) is 10.4 Å². The average molecular weight is 375 g/mol.